The summed E-state index contributed by atoms with van der Waals surface area (Å²) in [6.07, 6.45) is 5.71. The predicted molar refractivity (Wildman–Crippen MR) is 197 cm³/mol. The number of halogens is 1. The number of rotatable bonds is 4. The van der Waals surface area contributed by atoms with Crippen LogP contribution in [0.5, 0.6) is 0 Å². The highest BCUT2D eigenvalue weighted by atomic mass is 35.5. The first-order chi connectivity index (χ1) is 23.5. The molecule has 0 aliphatic heterocycles. The topological polar surface area (TPSA) is 33.4 Å². The summed E-state index contributed by atoms with van der Waals surface area (Å²) in [5.74, 6) is 0. The van der Waals surface area contributed by atoms with E-state index in [1.54, 1.807) is 6.08 Å². The van der Waals surface area contributed by atoms with Crippen molar-refractivity contribution < 1.29 is 9.52 Å². The van der Waals surface area contributed by atoms with Gasteiger partial charge in [-0.3, -0.25) is 0 Å². The number of allylic oxidation sites excluding steroid dienone is 3. The molecule has 3 heteroatoms. The van der Waals surface area contributed by atoms with Crippen LogP contribution in [0, 0.1) is 0 Å². The van der Waals surface area contributed by atoms with Crippen molar-refractivity contribution in [3.05, 3.63) is 202 Å². The van der Waals surface area contributed by atoms with Crippen LogP contribution in [0.2, 0.25) is 5.02 Å². The molecule has 0 amide bonds. The molecule has 0 radical (unpaired) electrons. The standard InChI is InChI=1S/C45H31ClO2/c1-3-4-16-36-28(2)44(37-17-8-5-13-32(37)33-14-6-9-18-38(33)44)39-19-10-11-20-40(39)45(36,47)41-27-30(46)23-25-31(41)29-22-24-35-34-15-7-12-21-42(34)48-43(35)26-29/h3-27,47H,1H2,2H3/b16-4-. The van der Waals surface area contributed by atoms with E-state index in [0.29, 0.717) is 10.6 Å². The molecule has 0 fully saturated rings. The largest absolute Gasteiger partial charge is 0.456 e. The fourth-order valence-corrected chi connectivity index (χ4v) is 8.71. The smallest absolute Gasteiger partial charge is 0.141 e. The first-order valence-electron chi connectivity index (χ1n) is 16.2. The molecular weight excluding hydrogens is 608 g/mol. The molecule has 230 valence electrons. The normalized spacial score (nSPS) is 17.6. The zero-order valence-corrected chi connectivity index (χ0v) is 27.1. The lowest BCUT2D eigenvalue weighted by atomic mass is 9.56. The number of aliphatic hydroxyl groups is 1. The molecule has 9 rings (SSSR count). The van der Waals surface area contributed by atoms with Crippen LogP contribution >= 0.6 is 11.6 Å². The molecule has 1 atom stereocenters. The van der Waals surface area contributed by atoms with Gasteiger partial charge in [-0.25, -0.2) is 0 Å². The van der Waals surface area contributed by atoms with Crippen LogP contribution in [0.3, 0.4) is 0 Å². The van der Waals surface area contributed by atoms with E-state index in [1.165, 1.54) is 22.3 Å². The van der Waals surface area contributed by atoms with Crippen molar-refractivity contribution in [2.24, 2.45) is 0 Å². The van der Waals surface area contributed by atoms with E-state index < -0.39 is 11.0 Å². The van der Waals surface area contributed by atoms with Crippen molar-refractivity contribution in [2.45, 2.75) is 17.9 Å². The second-order valence-corrected chi connectivity index (χ2v) is 13.2. The van der Waals surface area contributed by atoms with Crippen LogP contribution in [0.4, 0.5) is 0 Å². The zero-order valence-electron chi connectivity index (χ0n) is 26.4. The van der Waals surface area contributed by atoms with Gasteiger partial charge >= 0.3 is 0 Å². The Morgan fingerprint density at radius 2 is 1.25 bits per heavy atom. The van der Waals surface area contributed by atoms with Gasteiger partial charge in [0.05, 0.1) is 5.41 Å². The Balaban J connectivity index is 1.38. The minimum Gasteiger partial charge on any atom is -0.456 e. The van der Waals surface area contributed by atoms with Crippen molar-refractivity contribution in [3.63, 3.8) is 0 Å². The number of hydrogen-bond donors (Lipinski definition) is 1. The maximum Gasteiger partial charge on any atom is 0.141 e. The third kappa shape index (κ3) is 3.73. The molecule has 1 spiro atoms. The van der Waals surface area contributed by atoms with E-state index in [9.17, 15) is 5.11 Å². The van der Waals surface area contributed by atoms with Crippen LogP contribution in [0.1, 0.15) is 34.7 Å². The average molecular weight is 639 g/mol. The SMILES string of the molecule is C=C/C=C\C1=C(C)C2(c3ccccc3-c3ccccc32)c2ccccc2C1(O)c1cc(Cl)ccc1-c1ccc2c(c1)oc1ccccc12. The van der Waals surface area contributed by atoms with E-state index in [0.717, 1.165) is 55.3 Å². The van der Waals surface area contributed by atoms with E-state index in [1.807, 2.05) is 54.6 Å². The van der Waals surface area contributed by atoms with Crippen LogP contribution < -0.4 is 0 Å². The summed E-state index contributed by atoms with van der Waals surface area (Å²) in [5, 5.41) is 16.3. The molecule has 2 aliphatic rings. The van der Waals surface area contributed by atoms with Crippen LogP contribution in [-0.2, 0) is 11.0 Å². The Hall–Kier alpha value is -5.41. The minimum absolute atomic E-state index is 0.547. The molecule has 2 nitrogen and oxygen atoms in total. The number of furan rings is 1. The van der Waals surface area contributed by atoms with Gasteiger partial charge in [0.25, 0.3) is 0 Å². The summed E-state index contributed by atoms with van der Waals surface area (Å²) in [6, 6.07) is 45.9. The molecule has 2 aliphatic carbocycles. The average Bonchev–Trinajstić information content (AvgIpc) is 3.64. The third-order valence-corrected chi connectivity index (χ3v) is 10.7. The van der Waals surface area contributed by atoms with Gasteiger partial charge in [0.1, 0.15) is 16.8 Å². The number of para-hydroxylation sites is 1. The van der Waals surface area contributed by atoms with E-state index in [4.69, 9.17) is 16.0 Å². The summed E-state index contributed by atoms with van der Waals surface area (Å²) in [4.78, 5) is 0. The van der Waals surface area contributed by atoms with E-state index in [2.05, 4.69) is 104 Å². The van der Waals surface area contributed by atoms with Crippen molar-refractivity contribution in [2.75, 3.05) is 0 Å². The summed E-state index contributed by atoms with van der Waals surface area (Å²) >= 11 is 6.82. The van der Waals surface area contributed by atoms with Crippen molar-refractivity contribution in [1.29, 1.82) is 0 Å². The molecule has 6 aromatic carbocycles. The lowest BCUT2D eigenvalue weighted by Gasteiger charge is -2.47. The summed E-state index contributed by atoms with van der Waals surface area (Å²) in [6.45, 7) is 6.17. The first kappa shape index (κ1) is 28.8. The summed E-state index contributed by atoms with van der Waals surface area (Å²) < 4.78 is 6.31. The Bertz CT molecular complexity index is 2480. The molecule has 1 N–H and O–H groups in total. The first-order valence-corrected chi connectivity index (χ1v) is 16.6. The molecule has 7 aromatic rings. The monoisotopic (exact) mass is 638 g/mol. The van der Waals surface area contributed by atoms with Gasteiger partial charge in [-0.15, -0.1) is 0 Å². The molecule has 0 bridgehead atoms. The van der Waals surface area contributed by atoms with Crippen molar-refractivity contribution in [3.8, 4) is 22.3 Å². The van der Waals surface area contributed by atoms with E-state index >= 15 is 0 Å². The van der Waals surface area contributed by atoms with Crippen LogP contribution in [-0.4, -0.2) is 5.11 Å². The van der Waals surface area contributed by atoms with Gasteiger partial charge < -0.3 is 9.52 Å². The van der Waals surface area contributed by atoms with Gasteiger partial charge in [-0.2, -0.15) is 0 Å². The second-order valence-electron chi connectivity index (χ2n) is 12.7. The highest BCUT2D eigenvalue weighted by Gasteiger charge is 2.55. The third-order valence-electron chi connectivity index (χ3n) is 10.5. The van der Waals surface area contributed by atoms with Gasteiger partial charge in [-0.05, 0) is 92.9 Å². The number of benzene rings is 6. The molecule has 48 heavy (non-hydrogen) atoms. The maximum atomic E-state index is 13.7. The predicted octanol–water partition coefficient (Wildman–Crippen LogP) is 11.5. The fourth-order valence-electron chi connectivity index (χ4n) is 8.54. The summed E-state index contributed by atoms with van der Waals surface area (Å²) in [5.41, 5.74) is 10.5. The second kappa shape index (κ2) is 10.6. The molecule has 1 heterocycles. The maximum absolute atomic E-state index is 13.7. The van der Waals surface area contributed by atoms with Crippen molar-refractivity contribution in [1.82, 2.24) is 0 Å². The van der Waals surface area contributed by atoms with Crippen molar-refractivity contribution >= 4 is 33.5 Å². The lowest BCUT2D eigenvalue weighted by Crippen LogP contribution is -2.43. The molecule has 0 saturated carbocycles. The molecular formula is C45H31ClO2. The van der Waals surface area contributed by atoms with Gasteiger partial charge in [-0.1, -0.05) is 140 Å². The minimum atomic E-state index is -1.55. The Labute approximate surface area is 284 Å². The number of fused-ring (bicyclic) bond motifs is 10. The summed E-state index contributed by atoms with van der Waals surface area (Å²) in [7, 11) is 0. The molecule has 1 aromatic heterocycles. The Morgan fingerprint density at radius 3 is 1.98 bits per heavy atom. The van der Waals surface area contributed by atoms with E-state index in [-0.39, 0.29) is 0 Å². The van der Waals surface area contributed by atoms with Crippen LogP contribution in [0.15, 0.2) is 174 Å². The van der Waals surface area contributed by atoms with Crippen LogP contribution in [0.25, 0.3) is 44.2 Å². The highest BCUT2D eigenvalue weighted by Crippen LogP contribution is 2.63. The molecule has 0 saturated heterocycles. The fraction of sp³-hybridized carbons (Fsp3) is 0.0667. The lowest BCUT2D eigenvalue weighted by molar-refractivity contribution is 0.118. The van der Waals surface area contributed by atoms with Gasteiger partial charge in [0.15, 0.2) is 0 Å². The zero-order chi connectivity index (χ0) is 32.6. The highest BCUT2D eigenvalue weighted by molar-refractivity contribution is 6.30. The number of hydrogen-bond acceptors (Lipinski definition) is 2. The van der Waals surface area contributed by atoms with Gasteiger partial charge in [0, 0.05) is 21.4 Å². The Morgan fingerprint density at radius 1 is 0.625 bits per heavy atom. The quantitative estimate of drug-likeness (QED) is 0.195. The Kier molecular flexibility index (Phi) is 6.33. The van der Waals surface area contributed by atoms with Gasteiger partial charge in [0.2, 0.25) is 0 Å². The molecule has 1 unspecified atom stereocenters.